The molecule has 2 N–H and O–H groups in total. The fourth-order valence-corrected chi connectivity index (χ4v) is 3.79. The van der Waals surface area contributed by atoms with E-state index >= 15 is 0 Å². The number of ether oxygens (including phenoxy) is 1. The molecule has 3 aromatic rings. The highest BCUT2D eigenvalue weighted by atomic mass is 32.1. The maximum atomic E-state index is 13.0. The normalized spacial score (nSPS) is 13.9. The molecule has 8 heteroatoms. The summed E-state index contributed by atoms with van der Waals surface area (Å²) in [5.74, 6) is 0. The molecule has 0 aliphatic carbocycles. The molecule has 2 aromatic carbocycles. The molecule has 1 aromatic heterocycles. The van der Waals surface area contributed by atoms with Gasteiger partial charge in [-0.1, -0.05) is 18.2 Å². The second-order valence-corrected chi connectivity index (χ2v) is 7.57. The zero-order chi connectivity index (χ0) is 21.1. The molecule has 0 atom stereocenters. The topological polar surface area (TPSA) is 63.5 Å². The lowest BCUT2D eigenvalue weighted by Crippen LogP contribution is -2.36. The van der Waals surface area contributed by atoms with Crippen LogP contribution in [-0.2, 0) is 11.8 Å². The zero-order valence-corrected chi connectivity index (χ0v) is 17.9. The summed E-state index contributed by atoms with van der Waals surface area (Å²) >= 11 is 5.46. The van der Waals surface area contributed by atoms with E-state index in [1.165, 1.54) is 0 Å². The fourth-order valence-electron chi connectivity index (χ4n) is 3.57. The Morgan fingerprint density at radius 1 is 0.967 bits per heavy atom. The van der Waals surface area contributed by atoms with Crippen LogP contribution in [0, 0.1) is 6.92 Å². The number of hydrogen-bond donors (Lipinski definition) is 2. The Kier molecular flexibility index (Phi) is 5.87. The van der Waals surface area contributed by atoms with Crippen LogP contribution in [-0.4, -0.2) is 40.8 Å². The summed E-state index contributed by atoms with van der Waals surface area (Å²) in [5, 5.41) is 6.61. The van der Waals surface area contributed by atoms with Crippen molar-refractivity contribution in [3.05, 3.63) is 70.6 Å². The zero-order valence-electron chi connectivity index (χ0n) is 17.1. The van der Waals surface area contributed by atoms with Gasteiger partial charge in [-0.3, -0.25) is 9.48 Å². The van der Waals surface area contributed by atoms with Crippen LogP contribution >= 0.6 is 12.2 Å². The van der Waals surface area contributed by atoms with Gasteiger partial charge in [0.05, 0.1) is 24.6 Å². The molecule has 0 amide bonds. The van der Waals surface area contributed by atoms with Crippen molar-refractivity contribution < 1.29 is 4.74 Å². The molecular weight excluding hydrogens is 398 g/mol. The van der Waals surface area contributed by atoms with E-state index in [4.69, 9.17) is 17.0 Å². The highest BCUT2D eigenvalue weighted by Crippen LogP contribution is 2.20. The van der Waals surface area contributed by atoms with Crippen LogP contribution < -0.4 is 21.1 Å². The van der Waals surface area contributed by atoms with Crippen LogP contribution in [0.3, 0.4) is 0 Å². The number of para-hydroxylation sites is 1. The second kappa shape index (κ2) is 8.73. The van der Waals surface area contributed by atoms with Gasteiger partial charge in [-0.15, -0.1) is 0 Å². The number of hydrogen-bond acceptors (Lipinski definition) is 4. The molecule has 7 nitrogen and oxygen atoms in total. The van der Waals surface area contributed by atoms with Crippen LogP contribution in [0.1, 0.15) is 5.69 Å². The van der Waals surface area contributed by atoms with Gasteiger partial charge in [-0.05, 0) is 55.5 Å². The van der Waals surface area contributed by atoms with Crippen LogP contribution in [0.5, 0.6) is 0 Å². The predicted molar refractivity (Wildman–Crippen MR) is 125 cm³/mol. The molecule has 1 fully saturated rings. The number of morpholine rings is 1. The van der Waals surface area contributed by atoms with E-state index in [0.717, 1.165) is 49.1 Å². The molecule has 2 heterocycles. The highest BCUT2D eigenvalue weighted by Gasteiger charge is 2.17. The lowest BCUT2D eigenvalue weighted by molar-refractivity contribution is 0.122. The highest BCUT2D eigenvalue weighted by molar-refractivity contribution is 7.80. The van der Waals surface area contributed by atoms with Gasteiger partial charge in [-0.2, -0.15) is 0 Å². The van der Waals surface area contributed by atoms with E-state index in [0.29, 0.717) is 10.8 Å². The summed E-state index contributed by atoms with van der Waals surface area (Å²) in [6, 6.07) is 17.6. The molecule has 4 rings (SSSR count). The lowest BCUT2D eigenvalue weighted by atomic mass is 10.2. The minimum absolute atomic E-state index is 0.145. The number of rotatable bonds is 4. The molecular formula is C22H25N5O2S. The Morgan fingerprint density at radius 3 is 2.30 bits per heavy atom. The number of benzene rings is 2. The standard InChI is InChI=1S/C22H25N5O2S/c1-16-20(21(28)27(25(16)2)19-6-4-3-5-7-19)24-22(30)23-17-8-10-18(11-9-17)26-12-14-29-15-13-26/h3-11H,12-15H2,1-2H3,(H2,23,24,30). The molecule has 1 aliphatic rings. The largest absolute Gasteiger partial charge is 0.378 e. The van der Waals surface area contributed by atoms with Crippen molar-refractivity contribution in [2.75, 3.05) is 41.8 Å². The lowest BCUT2D eigenvalue weighted by Gasteiger charge is -2.28. The molecule has 1 saturated heterocycles. The monoisotopic (exact) mass is 423 g/mol. The van der Waals surface area contributed by atoms with Crippen molar-refractivity contribution in [3.63, 3.8) is 0 Å². The van der Waals surface area contributed by atoms with Crippen molar-refractivity contribution in [1.29, 1.82) is 0 Å². The first-order valence-electron chi connectivity index (χ1n) is 9.89. The average molecular weight is 424 g/mol. The molecule has 0 unspecified atom stereocenters. The first-order chi connectivity index (χ1) is 14.5. The third-order valence-electron chi connectivity index (χ3n) is 5.29. The van der Waals surface area contributed by atoms with Gasteiger partial charge in [-0.25, -0.2) is 4.68 Å². The third kappa shape index (κ3) is 4.10. The summed E-state index contributed by atoms with van der Waals surface area (Å²) in [6.45, 7) is 5.19. The summed E-state index contributed by atoms with van der Waals surface area (Å²) < 4.78 is 8.84. The number of anilines is 3. The average Bonchev–Trinajstić information content (AvgIpc) is 2.98. The quantitative estimate of drug-likeness (QED) is 0.629. The van der Waals surface area contributed by atoms with Gasteiger partial charge in [0.2, 0.25) is 0 Å². The van der Waals surface area contributed by atoms with Crippen molar-refractivity contribution in [2.45, 2.75) is 6.92 Å². The van der Waals surface area contributed by atoms with E-state index in [9.17, 15) is 4.79 Å². The summed E-state index contributed by atoms with van der Waals surface area (Å²) in [7, 11) is 1.86. The smallest absolute Gasteiger partial charge is 0.295 e. The number of nitrogens with zero attached hydrogens (tertiary/aromatic N) is 3. The van der Waals surface area contributed by atoms with Gasteiger partial charge in [0.25, 0.3) is 5.56 Å². The van der Waals surface area contributed by atoms with Crippen LogP contribution in [0.4, 0.5) is 17.1 Å². The van der Waals surface area contributed by atoms with Gasteiger partial charge < -0.3 is 20.3 Å². The minimum Gasteiger partial charge on any atom is -0.378 e. The van der Waals surface area contributed by atoms with E-state index in [1.54, 1.807) is 4.68 Å². The van der Waals surface area contributed by atoms with E-state index in [1.807, 2.05) is 61.1 Å². The molecule has 0 bridgehead atoms. The van der Waals surface area contributed by atoms with Crippen molar-refractivity contribution >= 4 is 34.4 Å². The maximum absolute atomic E-state index is 13.0. The van der Waals surface area contributed by atoms with Crippen LogP contribution in [0.25, 0.3) is 5.69 Å². The molecule has 1 aliphatic heterocycles. The minimum atomic E-state index is -0.145. The summed E-state index contributed by atoms with van der Waals surface area (Å²) in [5.41, 5.74) is 3.94. The number of aromatic nitrogens is 2. The first-order valence-corrected chi connectivity index (χ1v) is 10.3. The van der Waals surface area contributed by atoms with Gasteiger partial charge in [0.1, 0.15) is 5.69 Å². The van der Waals surface area contributed by atoms with Gasteiger partial charge in [0, 0.05) is 31.5 Å². The van der Waals surface area contributed by atoms with E-state index in [-0.39, 0.29) is 5.56 Å². The van der Waals surface area contributed by atoms with Crippen LogP contribution in [0.2, 0.25) is 0 Å². The van der Waals surface area contributed by atoms with Gasteiger partial charge >= 0.3 is 0 Å². The Hall–Kier alpha value is -3.10. The third-order valence-corrected chi connectivity index (χ3v) is 5.50. The first kappa shape index (κ1) is 20.2. The van der Waals surface area contributed by atoms with E-state index < -0.39 is 0 Å². The Labute approximate surface area is 180 Å². The van der Waals surface area contributed by atoms with Crippen LogP contribution in [0.15, 0.2) is 59.4 Å². The molecule has 156 valence electrons. The molecule has 0 radical (unpaired) electrons. The number of thiocarbonyl (C=S) groups is 1. The molecule has 30 heavy (non-hydrogen) atoms. The maximum Gasteiger partial charge on any atom is 0.295 e. The van der Waals surface area contributed by atoms with Crippen molar-refractivity contribution in [3.8, 4) is 5.69 Å². The predicted octanol–water partition coefficient (Wildman–Crippen LogP) is 3.13. The number of nitrogens with one attached hydrogen (secondary N) is 2. The van der Waals surface area contributed by atoms with E-state index in [2.05, 4.69) is 27.7 Å². The summed E-state index contributed by atoms with van der Waals surface area (Å²) in [4.78, 5) is 15.3. The van der Waals surface area contributed by atoms with Gasteiger partial charge in [0.15, 0.2) is 5.11 Å². The van der Waals surface area contributed by atoms with Crippen molar-refractivity contribution in [2.24, 2.45) is 7.05 Å². The van der Waals surface area contributed by atoms with Crippen molar-refractivity contribution in [1.82, 2.24) is 9.36 Å². The summed E-state index contributed by atoms with van der Waals surface area (Å²) in [6.07, 6.45) is 0. The SMILES string of the molecule is Cc1c(NC(=S)Nc2ccc(N3CCOCC3)cc2)c(=O)n(-c2ccccc2)n1C. The Morgan fingerprint density at radius 2 is 1.63 bits per heavy atom. The Bertz CT molecular complexity index is 1080. The second-order valence-electron chi connectivity index (χ2n) is 7.16. The molecule has 0 spiro atoms. The fraction of sp³-hybridized carbons (Fsp3) is 0.273. The molecule has 0 saturated carbocycles. The Balaban J connectivity index is 1.47.